The molecule has 1 fully saturated rings. The summed E-state index contributed by atoms with van der Waals surface area (Å²) in [6, 6.07) is 16.5. The molecule has 0 radical (unpaired) electrons. The number of benzene rings is 2. The van der Waals surface area contributed by atoms with Crippen LogP contribution in [-0.4, -0.2) is 26.2 Å². The van der Waals surface area contributed by atoms with Gasteiger partial charge >= 0.3 is 6.03 Å². The molecule has 0 aromatic heterocycles. The molecule has 0 heterocycles. The van der Waals surface area contributed by atoms with Crippen LogP contribution in [0.25, 0.3) is 12.2 Å². The zero-order chi connectivity index (χ0) is 16.9. The summed E-state index contributed by atoms with van der Waals surface area (Å²) in [5, 5.41) is 5.76. The van der Waals surface area contributed by atoms with Crippen molar-refractivity contribution in [1.29, 1.82) is 0 Å². The van der Waals surface area contributed by atoms with Gasteiger partial charge in [-0.05, 0) is 48.2 Å². The Bertz CT molecular complexity index is 714. The van der Waals surface area contributed by atoms with Gasteiger partial charge in [-0.2, -0.15) is 0 Å². The Balaban J connectivity index is 1.57. The second-order valence-corrected chi connectivity index (χ2v) is 6.31. The lowest BCUT2D eigenvalue weighted by molar-refractivity contribution is 0.251. The molecular formula is C20H23N3O. The second-order valence-electron chi connectivity index (χ2n) is 6.31. The van der Waals surface area contributed by atoms with Gasteiger partial charge in [0.2, 0.25) is 0 Å². The van der Waals surface area contributed by atoms with E-state index in [1.165, 1.54) is 5.69 Å². The minimum absolute atomic E-state index is 0.123. The van der Waals surface area contributed by atoms with Gasteiger partial charge in [0.25, 0.3) is 0 Å². The van der Waals surface area contributed by atoms with Gasteiger partial charge in [-0.25, -0.2) is 4.79 Å². The molecule has 4 heteroatoms. The largest absolute Gasteiger partial charge is 0.378 e. The molecule has 1 aliphatic carbocycles. The summed E-state index contributed by atoms with van der Waals surface area (Å²) < 4.78 is 0. The number of rotatable bonds is 5. The van der Waals surface area contributed by atoms with Gasteiger partial charge in [-0.1, -0.05) is 36.4 Å². The summed E-state index contributed by atoms with van der Waals surface area (Å²) >= 11 is 0. The van der Waals surface area contributed by atoms with E-state index in [2.05, 4.69) is 52.0 Å². The predicted octanol–water partition coefficient (Wildman–Crippen LogP) is 4.21. The van der Waals surface area contributed by atoms with E-state index < -0.39 is 0 Å². The molecule has 124 valence electrons. The highest BCUT2D eigenvalue weighted by molar-refractivity contribution is 5.89. The van der Waals surface area contributed by atoms with Crippen molar-refractivity contribution in [2.45, 2.75) is 18.9 Å². The summed E-state index contributed by atoms with van der Waals surface area (Å²) in [4.78, 5) is 13.8. The van der Waals surface area contributed by atoms with Crippen molar-refractivity contribution >= 4 is 29.6 Å². The van der Waals surface area contributed by atoms with Crippen LogP contribution in [0.5, 0.6) is 0 Å². The molecular weight excluding hydrogens is 298 g/mol. The van der Waals surface area contributed by atoms with E-state index in [-0.39, 0.29) is 6.03 Å². The summed E-state index contributed by atoms with van der Waals surface area (Å²) in [7, 11) is 4.07. The molecule has 2 N–H and O–H groups in total. The van der Waals surface area contributed by atoms with E-state index in [0.717, 1.165) is 29.7 Å². The van der Waals surface area contributed by atoms with E-state index in [1.54, 1.807) is 0 Å². The molecule has 0 saturated heterocycles. The first-order chi connectivity index (χ1) is 11.6. The van der Waals surface area contributed by atoms with Gasteiger partial charge in [-0.15, -0.1) is 0 Å². The van der Waals surface area contributed by atoms with Crippen molar-refractivity contribution in [2.24, 2.45) is 0 Å². The first-order valence-corrected chi connectivity index (χ1v) is 8.23. The van der Waals surface area contributed by atoms with E-state index in [1.807, 2.05) is 38.4 Å². The maximum absolute atomic E-state index is 11.7. The SMILES string of the molecule is CN(C)c1ccc(/C=C/c2ccc(NC(=O)NC3CC3)cc2)cc1. The molecule has 0 spiro atoms. The number of carbonyl (C=O) groups excluding carboxylic acids is 1. The number of urea groups is 1. The zero-order valence-electron chi connectivity index (χ0n) is 14.1. The van der Waals surface area contributed by atoms with E-state index in [9.17, 15) is 4.79 Å². The second kappa shape index (κ2) is 7.21. The molecule has 0 bridgehead atoms. The van der Waals surface area contributed by atoms with Crippen molar-refractivity contribution < 1.29 is 4.79 Å². The lowest BCUT2D eigenvalue weighted by Gasteiger charge is -2.11. The normalized spacial score (nSPS) is 13.8. The van der Waals surface area contributed by atoms with Gasteiger partial charge in [-0.3, -0.25) is 0 Å². The standard InChI is InChI=1S/C20H23N3O/c1-23(2)19-13-7-16(8-14-19)4-3-15-5-9-17(10-6-15)21-20(24)22-18-11-12-18/h3-10,13-14,18H,11-12H2,1-2H3,(H2,21,22,24)/b4-3+. The predicted molar refractivity (Wildman–Crippen MR) is 101 cm³/mol. The molecule has 1 aliphatic rings. The van der Waals surface area contributed by atoms with Gasteiger partial charge in [0, 0.05) is 31.5 Å². The van der Waals surface area contributed by atoms with E-state index in [4.69, 9.17) is 0 Å². The summed E-state index contributed by atoms with van der Waals surface area (Å²) in [5.41, 5.74) is 4.25. The van der Waals surface area contributed by atoms with Crippen molar-refractivity contribution in [3.63, 3.8) is 0 Å². The third-order valence-electron chi connectivity index (χ3n) is 3.96. The average molecular weight is 321 g/mol. The highest BCUT2D eigenvalue weighted by atomic mass is 16.2. The van der Waals surface area contributed by atoms with Crippen LogP contribution in [0.1, 0.15) is 24.0 Å². The number of nitrogens with one attached hydrogen (secondary N) is 2. The quantitative estimate of drug-likeness (QED) is 0.810. The molecule has 24 heavy (non-hydrogen) atoms. The third kappa shape index (κ3) is 4.62. The Morgan fingerprint density at radius 2 is 1.50 bits per heavy atom. The van der Waals surface area contributed by atoms with Crippen molar-refractivity contribution in [3.05, 3.63) is 59.7 Å². The van der Waals surface area contributed by atoms with Crippen LogP contribution < -0.4 is 15.5 Å². The number of hydrogen-bond donors (Lipinski definition) is 2. The van der Waals surface area contributed by atoms with E-state index in [0.29, 0.717) is 6.04 Å². The Kier molecular flexibility index (Phi) is 4.85. The fraction of sp³-hybridized carbons (Fsp3) is 0.250. The minimum atomic E-state index is -0.123. The maximum atomic E-state index is 11.7. The lowest BCUT2D eigenvalue weighted by Crippen LogP contribution is -2.30. The number of hydrogen-bond acceptors (Lipinski definition) is 2. The van der Waals surface area contributed by atoms with Crippen molar-refractivity contribution in [2.75, 3.05) is 24.3 Å². The highest BCUT2D eigenvalue weighted by Crippen LogP contribution is 2.19. The number of nitrogens with zero attached hydrogens (tertiary/aromatic N) is 1. The van der Waals surface area contributed by atoms with Crippen LogP contribution >= 0.6 is 0 Å². The molecule has 3 rings (SSSR count). The third-order valence-corrected chi connectivity index (χ3v) is 3.96. The van der Waals surface area contributed by atoms with Gasteiger partial charge in [0.15, 0.2) is 0 Å². The van der Waals surface area contributed by atoms with Crippen LogP contribution in [-0.2, 0) is 0 Å². The first-order valence-electron chi connectivity index (χ1n) is 8.23. The van der Waals surface area contributed by atoms with Crippen LogP contribution in [0.2, 0.25) is 0 Å². The fourth-order valence-electron chi connectivity index (χ4n) is 2.33. The molecule has 2 aromatic rings. The van der Waals surface area contributed by atoms with Crippen LogP contribution in [0, 0.1) is 0 Å². The number of carbonyl (C=O) groups is 1. The molecule has 4 nitrogen and oxygen atoms in total. The summed E-state index contributed by atoms with van der Waals surface area (Å²) in [6.07, 6.45) is 6.33. The topological polar surface area (TPSA) is 44.4 Å². The van der Waals surface area contributed by atoms with Crippen molar-refractivity contribution in [1.82, 2.24) is 5.32 Å². The molecule has 2 aromatic carbocycles. The van der Waals surface area contributed by atoms with Gasteiger partial charge < -0.3 is 15.5 Å². The summed E-state index contributed by atoms with van der Waals surface area (Å²) in [5.74, 6) is 0. The molecule has 2 amide bonds. The smallest absolute Gasteiger partial charge is 0.319 e. The van der Waals surface area contributed by atoms with Crippen LogP contribution in [0.15, 0.2) is 48.5 Å². The zero-order valence-corrected chi connectivity index (χ0v) is 14.1. The monoisotopic (exact) mass is 321 g/mol. The molecule has 0 aliphatic heterocycles. The lowest BCUT2D eigenvalue weighted by atomic mass is 10.1. The Morgan fingerprint density at radius 1 is 0.958 bits per heavy atom. The van der Waals surface area contributed by atoms with Crippen LogP contribution in [0.4, 0.5) is 16.2 Å². The Morgan fingerprint density at radius 3 is 2.00 bits per heavy atom. The first kappa shape index (κ1) is 16.1. The highest BCUT2D eigenvalue weighted by Gasteiger charge is 2.23. The van der Waals surface area contributed by atoms with E-state index >= 15 is 0 Å². The summed E-state index contributed by atoms with van der Waals surface area (Å²) in [6.45, 7) is 0. The van der Waals surface area contributed by atoms with Gasteiger partial charge in [0.05, 0.1) is 0 Å². The fourth-order valence-corrected chi connectivity index (χ4v) is 2.33. The van der Waals surface area contributed by atoms with Crippen LogP contribution in [0.3, 0.4) is 0 Å². The molecule has 1 saturated carbocycles. The Hall–Kier alpha value is -2.75. The average Bonchev–Trinajstić information content (AvgIpc) is 3.38. The Labute approximate surface area is 143 Å². The molecule has 0 atom stereocenters. The number of amides is 2. The number of anilines is 2. The minimum Gasteiger partial charge on any atom is -0.378 e. The van der Waals surface area contributed by atoms with Gasteiger partial charge in [0.1, 0.15) is 0 Å². The van der Waals surface area contributed by atoms with Crippen molar-refractivity contribution in [3.8, 4) is 0 Å². The molecule has 0 unspecified atom stereocenters. The maximum Gasteiger partial charge on any atom is 0.319 e.